The number of likely N-dealkylation sites (tertiary alicyclic amines) is 1. The van der Waals surface area contributed by atoms with Gasteiger partial charge in [-0.3, -0.25) is 43.4 Å². The van der Waals surface area contributed by atoms with Gasteiger partial charge >= 0.3 is 13.3 Å². The number of hydrogen-bond acceptors (Lipinski definition) is 10. The van der Waals surface area contributed by atoms with Crippen molar-refractivity contribution in [1.29, 1.82) is 0 Å². The number of hydrogen-bond donors (Lipinski definition) is 5. The maximum atomic E-state index is 14.7. The molecule has 2 saturated heterocycles. The molecule has 3 aliphatic heterocycles. The third kappa shape index (κ3) is 10.8. The van der Waals surface area contributed by atoms with Gasteiger partial charge in [0.1, 0.15) is 18.1 Å². The van der Waals surface area contributed by atoms with Crippen LogP contribution in [0.3, 0.4) is 0 Å². The van der Waals surface area contributed by atoms with Gasteiger partial charge < -0.3 is 35.1 Å². The van der Waals surface area contributed by atoms with Crippen molar-refractivity contribution in [2.24, 2.45) is 5.41 Å². The highest BCUT2D eigenvalue weighted by Crippen LogP contribution is 2.59. The van der Waals surface area contributed by atoms with Gasteiger partial charge in [-0.1, -0.05) is 44.7 Å². The molecule has 372 valence electrons. The van der Waals surface area contributed by atoms with E-state index in [1.54, 1.807) is 39.0 Å². The molecule has 8 rings (SSSR count). The number of piperidine rings is 1. The van der Waals surface area contributed by atoms with Crippen LogP contribution >= 0.6 is 30.3 Å². The van der Waals surface area contributed by atoms with Gasteiger partial charge in [-0.05, 0) is 107 Å². The van der Waals surface area contributed by atoms with Crippen molar-refractivity contribution in [1.82, 2.24) is 25.8 Å². The predicted octanol–water partition coefficient (Wildman–Crippen LogP) is 6.61. The van der Waals surface area contributed by atoms with E-state index in [1.807, 2.05) is 29.6 Å². The lowest BCUT2D eigenvalue weighted by atomic mass is 9.85. The van der Waals surface area contributed by atoms with Gasteiger partial charge in [-0.2, -0.15) is 8.78 Å². The molecule has 0 aliphatic carbocycles. The summed E-state index contributed by atoms with van der Waals surface area (Å²) in [7, 11) is -5.83. The molecule has 0 bridgehead atoms. The molecule has 16 nitrogen and oxygen atoms in total. The number of carbonyl (C=O) groups is 7. The van der Waals surface area contributed by atoms with E-state index in [9.17, 15) is 56.7 Å². The van der Waals surface area contributed by atoms with E-state index in [-0.39, 0.29) is 66.9 Å². The highest BCUT2D eigenvalue weighted by molar-refractivity contribution is 7.52. The van der Waals surface area contributed by atoms with Crippen LogP contribution in [-0.2, 0) is 40.7 Å². The number of rotatable bonds is 14. The summed E-state index contributed by atoms with van der Waals surface area (Å²) in [4.78, 5) is 117. The van der Waals surface area contributed by atoms with E-state index in [0.717, 1.165) is 39.1 Å². The number of carbonyl (C=O) groups excluding carboxylic acids is 7. The second-order valence-corrected chi connectivity index (χ2v) is 22.5. The molecule has 3 atom stereocenters. The lowest BCUT2D eigenvalue weighted by molar-refractivity contribution is -0.141. The van der Waals surface area contributed by atoms with Crippen LogP contribution in [0.2, 0.25) is 0 Å². The first-order valence-corrected chi connectivity index (χ1v) is 26.3. The number of nitrogens with zero attached hydrogens (tertiary/aromatic N) is 3. The van der Waals surface area contributed by atoms with Crippen LogP contribution in [0.25, 0.3) is 20.2 Å². The zero-order chi connectivity index (χ0) is 51.0. The normalized spacial score (nSPS) is 17.7. The summed E-state index contributed by atoms with van der Waals surface area (Å²) in [6.07, 6.45) is 2.12. The molecule has 7 amide bonds. The molecule has 2 fully saturated rings. The maximum Gasteiger partial charge on any atom is 0.399 e. The van der Waals surface area contributed by atoms with Gasteiger partial charge in [0.05, 0.1) is 4.88 Å². The van der Waals surface area contributed by atoms with E-state index in [0.29, 0.717) is 53.7 Å². The summed E-state index contributed by atoms with van der Waals surface area (Å²) in [5.41, 5.74) is -3.82. The number of halogens is 2. The molecule has 2 aromatic heterocycles. The fourth-order valence-corrected chi connectivity index (χ4v) is 11.2. The monoisotopic (exact) mass is 1030 g/mol. The first kappa shape index (κ1) is 51.0. The van der Waals surface area contributed by atoms with Crippen LogP contribution in [0.5, 0.6) is 0 Å². The molecule has 0 saturated carbocycles. The van der Waals surface area contributed by atoms with Gasteiger partial charge in [0.2, 0.25) is 29.5 Å². The lowest BCUT2D eigenvalue weighted by Crippen LogP contribution is -2.58. The summed E-state index contributed by atoms with van der Waals surface area (Å²) in [6, 6.07) is 14.3. The number of thiophene rings is 2. The molecule has 3 unspecified atom stereocenters. The number of imide groups is 1. The Morgan fingerprint density at radius 2 is 1.76 bits per heavy atom. The zero-order valence-corrected chi connectivity index (χ0v) is 41.5. The number of anilines is 1. The van der Waals surface area contributed by atoms with Crippen molar-refractivity contribution in [3.63, 3.8) is 0 Å². The Balaban J connectivity index is 0.905. The average Bonchev–Trinajstić information content (AvgIpc) is 4.15. The Hall–Kier alpha value is -6.36. The summed E-state index contributed by atoms with van der Waals surface area (Å²) >= 11 is 2.50. The molecule has 5 N–H and O–H groups in total. The minimum atomic E-state index is -5.83. The molecule has 3 aliphatic rings. The second-order valence-electron chi connectivity index (χ2n) is 18.8. The third-order valence-corrected chi connectivity index (χ3v) is 15.8. The second kappa shape index (κ2) is 20.4. The molecule has 5 heterocycles. The molecule has 21 heteroatoms. The van der Waals surface area contributed by atoms with Gasteiger partial charge in [-0.25, -0.2) is 0 Å². The Morgan fingerprint density at radius 3 is 2.51 bits per heavy atom. The number of nitrogens with one attached hydrogen (secondary N) is 3. The summed E-state index contributed by atoms with van der Waals surface area (Å²) in [5.74, 6) is 3.24. The topological polar surface area (TPSA) is 223 Å². The summed E-state index contributed by atoms with van der Waals surface area (Å²) in [5, 5.41) is 11.0. The van der Waals surface area contributed by atoms with E-state index >= 15 is 0 Å². The zero-order valence-electron chi connectivity index (χ0n) is 39.0. The Bertz CT molecular complexity index is 3100. The van der Waals surface area contributed by atoms with Crippen LogP contribution in [-0.4, -0.2) is 98.7 Å². The Kier molecular flexibility index (Phi) is 14.7. The van der Waals surface area contributed by atoms with Gasteiger partial charge in [0.15, 0.2) is 0 Å². The molecule has 71 heavy (non-hydrogen) atoms. The molecule has 3 aromatic carbocycles. The van der Waals surface area contributed by atoms with Crippen molar-refractivity contribution in [2.45, 2.75) is 96.1 Å². The van der Waals surface area contributed by atoms with Crippen LogP contribution in [0.15, 0.2) is 72.1 Å². The van der Waals surface area contributed by atoms with Crippen LogP contribution in [0.4, 0.5) is 14.5 Å². The number of benzene rings is 3. The molecule has 5 aromatic rings. The maximum absolute atomic E-state index is 14.7. The highest BCUT2D eigenvalue weighted by atomic mass is 32.1. The Morgan fingerprint density at radius 1 is 0.986 bits per heavy atom. The number of alkyl halides is 2. The molecular formula is C50H51F2N6O10PS2. The fraction of sp³-hybridized carbons (Fsp3) is 0.380. The van der Waals surface area contributed by atoms with Crippen molar-refractivity contribution < 1.29 is 56.7 Å². The van der Waals surface area contributed by atoms with E-state index in [1.165, 1.54) is 38.2 Å². The lowest BCUT2D eigenvalue weighted by Gasteiger charge is -2.36. The van der Waals surface area contributed by atoms with Crippen LogP contribution in [0, 0.1) is 17.3 Å². The fourth-order valence-electron chi connectivity index (χ4n) is 9.05. The first-order valence-electron chi connectivity index (χ1n) is 23.0. The van der Waals surface area contributed by atoms with Crippen molar-refractivity contribution in [3.8, 4) is 11.8 Å². The van der Waals surface area contributed by atoms with Gasteiger partial charge in [0, 0.05) is 77.2 Å². The van der Waals surface area contributed by atoms with Crippen LogP contribution in [0.1, 0.15) is 102 Å². The van der Waals surface area contributed by atoms with E-state index in [4.69, 9.17) is 0 Å². The highest BCUT2D eigenvalue weighted by Gasteiger charge is 2.50. The largest absolute Gasteiger partial charge is 0.399 e. The van der Waals surface area contributed by atoms with Crippen LogP contribution < -0.4 is 20.9 Å². The van der Waals surface area contributed by atoms with Crippen molar-refractivity contribution >= 4 is 97.5 Å². The predicted molar refractivity (Wildman–Crippen MR) is 264 cm³/mol. The number of fused-ring (bicyclic) bond motifs is 3. The quantitative estimate of drug-likeness (QED) is 0.0347. The molecule has 0 spiro atoms. The number of amides is 7. The SMILES string of the molecule is CC(C)(C)C(NC(=O)c1cc2cc(C(F)(F)P(=O)(O)O)ccc2s1)C(=O)N1CCCC1C(=O)N(CCC(=O)NCCCC#Cc1cccc2c1CN(C1CCC(=O)NC1=O)C2=O)c1ccc2sccc2c1. The van der Waals surface area contributed by atoms with Crippen molar-refractivity contribution in [2.75, 3.05) is 24.5 Å². The van der Waals surface area contributed by atoms with E-state index in [2.05, 4.69) is 27.8 Å². The smallest absolute Gasteiger partial charge is 0.356 e. The average molecular weight is 1030 g/mol. The van der Waals surface area contributed by atoms with E-state index < -0.39 is 66.0 Å². The summed E-state index contributed by atoms with van der Waals surface area (Å²) in [6.45, 7) is 6.01. The minimum absolute atomic E-state index is 0.000491. The minimum Gasteiger partial charge on any atom is -0.356 e. The first-order chi connectivity index (χ1) is 33.6. The van der Waals surface area contributed by atoms with Gasteiger partial charge in [-0.15, -0.1) is 22.7 Å². The summed E-state index contributed by atoms with van der Waals surface area (Å²) < 4.78 is 42.0. The van der Waals surface area contributed by atoms with Gasteiger partial charge in [0.25, 0.3) is 11.8 Å². The standard InChI is InChI=1S/C50H51F2N6O10PS2/c1-49(2,3)43(55-45(62)40-27-31-25-32(13-16-39(31)71-40)50(51,52)69(66,67)68)48(65)57-22-8-12-37(57)47(64)56(33-14-17-38-30(26-33)20-24-70-38)23-19-41(59)53-21-6-4-5-9-29-10-7-11-34-35(29)28-58(46(34)63)36-15-18-42(60)54-44(36)61/h7,10-11,13-14,16-17,20,24-27,36-37,43H,4,6,8,12,15,18-19,21-23,28H2,1-3H3,(H,53,59)(H,55,62)(H,54,60,61)(H2,66,67,68). The molecule has 0 radical (unpaired) electrons. The Labute approximate surface area is 415 Å². The molecular weight excluding hydrogens is 978 g/mol. The van der Waals surface area contributed by atoms with Crippen molar-refractivity contribution in [3.05, 3.63) is 99.2 Å². The number of unbranched alkanes of at least 4 members (excludes halogenated alkanes) is 1. The third-order valence-electron chi connectivity index (χ3n) is 12.8.